The van der Waals surface area contributed by atoms with Crippen molar-refractivity contribution >= 4 is 5.91 Å². The Kier molecular flexibility index (Phi) is 4.74. The second kappa shape index (κ2) is 5.64. The number of likely N-dealkylation sites (N-methyl/N-ethyl adjacent to an activating group) is 2. The lowest BCUT2D eigenvalue weighted by Gasteiger charge is -2.32. The smallest absolute Gasteiger partial charge is 0.242 e. The van der Waals surface area contributed by atoms with Crippen LogP contribution in [0.2, 0.25) is 0 Å². The van der Waals surface area contributed by atoms with E-state index in [9.17, 15) is 4.79 Å². The van der Waals surface area contributed by atoms with Gasteiger partial charge in [-0.3, -0.25) is 4.79 Å². The van der Waals surface area contributed by atoms with Crippen LogP contribution in [-0.2, 0) is 9.53 Å². The van der Waals surface area contributed by atoms with Crippen LogP contribution in [0, 0.1) is 5.92 Å². The van der Waals surface area contributed by atoms with Crippen molar-refractivity contribution in [3.8, 4) is 0 Å². The summed E-state index contributed by atoms with van der Waals surface area (Å²) in [4.78, 5) is 13.9. The molecular weight excluding hydrogens is 204 g/mol. The van der Waals surface area contributed by atoms with E-state index >= 15 is 0 Å². The first-order valence-electron chi connectivity index (χ1n) is 5.99. The van der Waals surface area contributed by atoms with Crippen LogP contribution in [0.4, 0.5) is 0 Å². The Bertz CT molecular complexity index is 235. The number of carbonyl (C=O) groups is 1. The molecule has 0 atom stereocenters. The van der Waals surface area contributed by atoms with Crippen LogP contribution in [0.15, 0.2) is 0 Å². The summed E-state index contributed by atoms with van der Waals surface area (Å²) in [5, 5.41) is 3.04. The topological polar surface area (TPSA) is 41.6 Å². The predicted octanol–water partition coefficient (Wildman–Crippen LogP) is 0.869. The fraction of sp³-hybridized carbons (Fsp3) is 0.917. The third kappa shape index (κ3) is 3.46. The van der Waals surface area contributed by atoms with Gasteiger partial charge >= 0.3 is 0 Å². The Morgan fingerprint density at radius 3 is 2.50 bits per heavy atom. The maximum Gasteiger partial charge on any atom is 0.242 e. The lowest BCUT2D eigenvalue weighted by atomic mass is 9.98. The highest BCUT2D eigenvalue weighted by atomic mass is 16.5. The first-order valence-corrected chi connectivity index (χ1v) is 5.99. The first-order chi connectivity index (χ1) is 7.47. The van der Waals surface area contributed by atoms with E-state index in [2.05, 4.69) is 5.32 Å². The third-order valence-corrected chi connectivity index (χ3v) is 3.38. The van der Waals surface area contributed by atoms with E-state index in [1.54, 1.807) is 0 Å². The Morgan fingerprint density at radius 2 is 2.00 bits per heavy atom. The van der Waals surface area contributed by atoms with Gasteiger partial charge in [0.05, 0.1) is 5.54 Å². The van der Waals surface area contributed by atoms with Crippen LogP contribution in [0.5, 0.6) is 0 Å². The van der Waals surface area contributed by atoms with E-state index in [0.29, 0.717) is 5.92 Å². The molecular formula is C12H24N2O2. The predicted molar refractivity (Wildman–Crippen MR) is 64.3 cm³/mol. The number of rotatable bonds is 4. The molecule has 1 heterocycles. The van der Waals surface area contributed by atoms with Crippen LogP contribution in [0.3, 0.4) is 0 Å². The third-order valence-electron chi connectivity index (χ3n) is 3.38. The van der Waals surface area contributed by atoms with E-state index in [4.69, 9.17) is 4.74 Å². The molecule has 4 heteroatoms. The lowest BCUT2D eigenvalue weighted by molar-refractivity contribution is -0.136. The Morgan fingerprint density at radius 1 is 1.44 bits per heavy atom. The summed E-state index contributed by atoms with van der Waals surface area (Å²) in [6.07, 6.45) is 2.13. The molecule has 0 unspecified atom stereocenters. The largest absolute Gasteiger partial charge is 0.381 e. The number of hydrogen-bond donors (Lipinski definition) is 1. The molecule has 4 nitrogen and oxygen atoms in total. The Balaban J connectivity index is 2.44. The maximum atomic E-state index is 12.1. The van der Waals surface area contributed by atoms with Crippen molar-refractivity contribution in [2.45, 2.75) is 32.2 Å². The molecule has 0 aliphatic carbocycles. The SMILES string of the molecule is CNC(C)(C)C(=O)N(C)CC1CCOCC1. The van der Waals surface area contributed by atoms with Crippen LogP contribution in [0.25, 0.3) is 0 Å². The van der Waals surface area contributed by atoms with E-state index in [0.717, 1.165) is 32.6 Å². The molecule has 1 amide bonds. The first kappa shape index (κ1) is 13.5. The average Bonchev–Trinajstić information content (AvgIpc) is 2.29. The van der Waals surface area contributed by atoms with Gasteiger partial charge < -0.3 is 15.0 Å². The lowest BCUT2D eigenvalue weighted by Crippen LogP contribution is -2.52. The van der Waals surface area contributed by atoms with Crippen LogP contribution >= 0.6 is 0 Å². The quantitative estimate of drug-likeness (QED) is 0.776. The maximum absolute atomic E-state index is 12.1. The van der Waals surface area contributed by atoms with Gasteiger partial charge in [0.1, 0.15) is 0 Å². The number of amides is 1. The molecule has 1 saturated heterocycles. The van der Waals surface area contributed by atoms with E-state index in [1.165, 1.54) is 0 Å². The van der Waals surface area contributed by atoms with E-state index in [1.807, 2.05) is 32.8 Å². The van der Waals surface area contributed by atoms with Crippen molar-refractivity contribution in [2.75, 3.05) is 33.9 Å². The van der Waals surface area contributed by atoms with Crippen molar-refractivity contribution in [2.24, 2.45) is 5.92 Å². The molecule has 0 radical (unpaired) electrons. The van der Waals surface area contributed by atoms with E-state index in [-0.39, 0.29) is 5.91 Å². The van der Waals surface area contributed by atoms with Gasteiger partial charge in [0, 0.05) is 26.8 Å². The summed E-state index contributed by atoms with van der Waals surface area (Å²) in [6, 6.07) is 0. The van der Waals surface area contributed by atoms with Gasteiger partial charge in [-0.15, -0.1) is 0 Å². The average molecular weight is 228 g/mol. The fourth-order valence-electron chi connectivity index (χ4n) is 1.98. The minimum atomic E-state index is -0.472. The summed E-state index contributed by atoms with van der Waals surface area (Å²) in [5.41, 5.74) is -0.472. The van der Waals surface area contributed by atoms with Crippen molar-refractivity contribution in [1.29, 1.82) is 0 Å². The van der Waals surface area contributed by atoms with Crippen LogP contribution in [-0.4, -0.2) is 50.2 Å². The van der Waals surface area contributed by atoms with Gasteiger partial charge in [-0.2, -0.15) is 0 Å². The van der Waals surface area contributed by atoms with Gasteiger partial charge in [-0.25, -0.2) is 0 Å². The molecule has 1 N–H and O–H groups in total. The van der Waals surface area contributed by atoms with E-state index < -0.39 is 5.54 Å². The van der Waals surface area contributed by atoms with Crippen molar-refractivity contribution in [3.63, 3.8) is 0 Å². The molecule has 1 fully saturated rings. The minimum absolute atomic E-state index is 0.154. The second-order valence-electron chi connectivity index (χ2n) is 5.12. The molecule has 1 aliphatic rings. The van der Waals surface area contributed by atoms with Crippen LogP contribution in [0.1, 0.15) is 26.7 Å². The van der Waals surface area contributed by atoms with Crippen molar-refractivity contribution < 1.29 is 9.53 Å². The van der Waals surface area contributed by atoms with Gasteiger partial charge in [0.15, 0.2) is 0 Å². The number of nitrogens with zero attached hydrogens (tertiary/aromatic N) is 1. The molecule has 94 valence electrons. The van der Waals surface area contributed by atoms with Crippen molar-refractivity contribution in [3.05, 3.63) is 0 Å². The monoisotopic (exact) mass is 228 g/mol. The van der Waals surface area contributed by atoms with Gasteiger partial charge in [-0.05, 0) is 39.7 Å². The summed E-state index contributed by atoms with van der Waals surface area (Å²) in [7, 11) is 3.71. The highest BCUT2D eigenvalue weighted by Gasteiger charge is 2.29. The summed E-state index contributed by atoms with van der Waals surface area (Å²) < 4.78 is 5.31. The summed E-state index contributed by atoms with van der Waals surface area (Å²) in [6.45, 7) is 6.34. The minimum Gasteiger partial charge on any atom is -0.381 e. The van der Waals surface area contributed by atoms with Gasteiger partial charge in [0.25, 0.3) is 0 Å². The molecule has 0 aromatic rings. The standard InChI is InChI=1S/C12H24N2O2/c1-12(2,13-3)11(15)14(4)9-10-5-7-16-8-6-10/h10,13H,5-9H2,1-4H3. The van der Waals surface area contributed by atoms with Gasteiger partial charge in [0.2, 0.25) is 5.91 Å². The zero-order chi connectivity index (χ0) is 12.2. The molecule has 0 aromatic heterocycles. The number of nitrogens with one attached hydrogen (secondary N) is 1. The molecule has 1 aliphatic heterocycles. The normalized spacial score (nSPS) is 18.5. The molecule has 1 rings (SSSR count). The molecule has 0 aromatic carbocycles. The number of carbonyl (C=O) groups excluding carboxylic acids is 1. The summed E-state index contributed by atoms with van der Waals surface area (Å²) >= 11 is 0. The fourth-order valence-corrected chi connectivity index (χ4v) is 1.98. The Labute approximate surface area is 98.3 Å². The molecule has 0 spiro atoms. The Hall–Kier alpha value is -0.610. The van der Waals surface area contributed by atoms with Crippen molar-refractivity contribution in [1.82, 2.24) is 10.2 Å². The number of hydrogen-bond acceptors (Lipinski definition) is 3. The number of ether oxygens (including phenoxy) is 1. The summed E-state index contributed by atoms with van der Waals surface area (Å²) in [5.74, 6) is 0.747. The zero-order valence-corrected chi connectivity index (χ0v) is 10.9. The zero-order valence-electron chi connectivity index (χ0n) is 10.9. The molecule has 0 bridgehead atoms. The highest BCUT2D eigenvalue weighted by Crippen LogP contribution is 2.17. The van der Waals surface area contributed by atoms with Gasteiger partial charge in [-0.1, -0.05) is 0 Å². The molecule has 16 heavy (non-hydrogen) atoms. The molecule has 0 saturated carbocycles. The van der Waals surface area contributed by atoms with Crippen LogP contribution < -0.4 is 5.32 Å². The second-order valence-corrected chi connectivity index (χ2v) is 5.12. The highest BCUT2D eigenvalue weighted by molar-refractivity contribution is 5.85.